The van der Waals surface area contributed by atoms with E-state index in [9.17, 15) is 4.79 Å². The molecule has 1 atom stereocenters. The molecule has 1 unspecified atom stereocenters. The number of carboxylic acid groups (broad SMARTS) is 1. The third kappa shape index (κ3) is 2.95. The molecule has 1 fully saturated rings. The van der Waals surface area contributed by atoms with Crippen molar-refractivity contribution in [2.45, 2.75) is 50.6 Å². The highest BCUT2D eigenvalue weighted by atomic mass is 16.4. The number of carbonyl (C=O) groups is 1. The molecule has 4 nitrogen and oxygen atoms in total. The summed E-state index contributed by atoms with van der Waals surface area (Å²) in [6.45, 7) is 2.69. The van der Waals surface area contributed by atoms with Gasteiger partial charge in [0, 0.05) is 12.1 Å². The van der Waals surface area contributed by atoms with Gasteiger partial charge in [0.25, 0.3) is 0 Å². The van der Waals surface area contributed by atoms with E-state index in [-0.39, 0.29) is 5.54 Å². The van der Waals surface area contributed by atoms with Gasteiger partial charge in [0.2, 0.25) is 0 Å². The van der Waals surface area contributed by atoms with Crippen LogP contribution < -0.4 is 5.32 Å². The zero-order valence-corrected chi connectivity index (χ0v) is 10.6. The minimum Gasteiger partial charge on any atom is -0.480 e. The second kappa shape index (κ2) is 5.64. The van der Waals surface area contributed by atoms with E-state index < -0.39 is 12.0 Å². The average Bonchev–Trinajstić information content (AvgIpc) is 2.68. The van der Waals surface area contributed by atoms with Crippen LogP contribution in [-0.4, -0.2) is 48.2 Å². The van der Waals surface area contributed by atoms with Crippen LogP contribution in [0.2, 0.25) is 0 Å². The molecule has 0 bridgehead atoms. The molecule has 4 heteroatoms. The van der Waals surface area contributed by atoms with E-state index in [1.54, 1.807) is 0 Å². The highest BCUT2D eigenvalue weighted by molar-refractivity contribution is 5.73. The number of aliphatic carboxylic acids is 1. The van der Waals surface area contributed by atoms with Crippen molar-refractivity contribution in [3.05, 3.63) is 0 Å². The second-order valence-corrected chi connectivity index (χ2v) is 5.01. The minimum atomic E-state index is -0.741. The molecule has 0 aromatic rings. The van der Waals surface area contributed by atoms with Gasteiger partial charge in [0.05, 0.1) is 0 Å². The Balaban J connectivity index is 2.53. The molecule has 1 saturated carbocycles. The first-order valence-corrected chi connectivity index (χ1v) is 6.15. The van der Waals surface area contributed by atoms with E-state index in [1.807, 2.05) is 6.92 Å². The van der Waals surface area contributed by atoms with E-state index in [1.165, 1.54) is 25.7 Å². The summed E-state index contributed by atoms with van der Waals surface area (Å²) in [5.74, 6) is -0.741. The monoisotopic (exact) mass is 228 g/mol. The molecule has 94 valence electrons. The van der Waals surface area contributed by atoms with Crippen molar-refractivity contribution in [1.82, 2.24) is 10.2 Å². The Hall–Kier alpha value is -0.610. The van der Waals surface area contributed by atoms with Crippen LogP contribution in [0, 0.1) is 0 Å². The Labute approximate surface area is 98.0 Å². The van der Waals surface area contributed by atoms with E-state index >= 15 is 0 Å². The summed E-state index contributed by atoms with van der Waals surface area (Å²) >= 11 is 0. The fourth-order valence-electron chi connectivity index (χ4n) is 2.53. The third-order valence-corrected chi connectivity index (χ3v) is 3.87. The Morgan fingerprint density at radius 2 is 2.00 bits per heavy atom. The fourth-order valence-corrected chi connectivity index (χ4v) is 2.53. The summed E-state index contributed by atoms with van der Waals surface area (Å²) < 4.78 is 0. The zero-order valence-electron chi connectivity index (χ0n) is 10.6. The lowest BCUT2D eigenvalue weighted by Gasteiger charge is -2.37. The Bertz CT molecular complexity index is 235. The molecule has 0 saturated heterocycles. The molecule has 1 aliphatic carbocycles. The highest BCUT2D eigenvalue weighted by Gasteiger charge is 2.36. The van der Waals surface area contributed by atoms with Gasteiger partial charge in [-0.3, -0.25) is 4.79 Å². The Kier molecular flexibility index (Phi) is 4.74. The number of nitrogens with one attached hydrogen (secondary N) is 1. The first-order valence-electron chi connectivity index (χ1n) is 6.15. The second-order valence-electron chi connectivity index (χ2n) is 5.01. The van der Waals surface area contributed by atoms with Crippen molar-refractivity contribution < 1.29 is 9.90 Å². The molecule has 0 radical (unpaired) electrons. The molecule has 0 aromatic heterocycles. The highest BCUT2D eigenvalue weighted by Crippen LogP contribution is 2.33. The lowest BCUT2D eigenvalue weighted by molar-refractivity contribution is -0.139. The van der Waals surface area contributed by atoms with Crippen LogP contribution in [0.5, 0.6) is 0 Å². The van der Waals surface area contributed by atoms with Gasteiger partial charge < -0.3 is 15.3 Å². The van der Waals surface area contributed by atoms with Gasteiger partial charge in [-0.1, -0.05) is 19.8 Å². The smallest absolute Gasteiger partial charge is 0.320 e. The lowest BCUT2D eigenvalue weighted by Crippen LogP contribution is -2.52. The van der Waals surface area contributed by atoms with Crippen LogP contribution in [0.1, 0.15) is 39.0 Å². The van der Waals surface area contributed by atoms with Gasteiger partial charge >= 0.3 is 5.97 Å². The van der Waals surface area contributed by atoms with E-state index in [2.05, 4.69) is 24.3 Å². The quantitative estimate of drug-likeness (QED) is 0.720. The largest absolute Gasteiger partial charge is 0.480 e. The predicted molar refractivity (Wildman–Crippen MR) is 64.6 cm³/mol. The summed E-state index contributed by atoms with van der Waals surface area (Å²) in [5, 5.41) is 12.2. The van der Waals surface area contributed by atoms with Gasteiger partial charge in [-0.2, -0.15) is 0 Å². The maximum absolute atomic E-state index is 10.9. The molecule has 0 aliphatic heterocycles. The molecule has 2 N–H and O–H groups in total. The molecule has 1 aliphatic rings. The topological polar surface area (TPSA) is 52.6 Å². The molecular formula is C12H24N2O2. The summed E-state index contributed by atoms with van der Waals surface area (Å²) in [6, 6.07) is -0.405. The maximum atomic E-state index is 10.9. The van der Waals surface area contributed by atoms with E-state index in [0.717, 1.165) is 6.54 Å². The molecule has 0 heterocycles. The van der Waals surface area contributed by atoms with Crippen molar-refractivity contribution >= 4 is 5.97 Å². The summed E-state index contributed by atoms with van der Waals surface area (Å²) in [6.07, 6.45) is 5.48. The van der Waals surface area contributed by atoms with Crippen LogP contribution >= 0.6 is 0 Å². The first-order chi connectivity index (χ1) is 7.52. The number of hydrogen-bond acceptors (Lipinski definition) is 3. The van der Waals surface area contributed by atoms with Crippen LogP contribution in [0.25, 0.3) is 0 Å². The van der Waals surface area contributed by atoms with Crippen LogP contribution in [-0.2, 0) is 4.79 Å². The summed E-state index contributed by atoms with van der Waals surface area (Å²) in [5.41, 5.74) is 0.170. The van der Waals surface area contributed by atoms with Gasteiger partial charge in [-0.25, -0.2) is 0 Å². The van der Waals surface area contributed by atoms with Crippen LogP contribution in [0.3, 0.4) is 0 Å². The fraction of sp³-hybridized carbons (Fsp3) is 0.917. The number of nitrogens with zero attached hydrogens (tertiary/aromatic N) is 1. The standard InChI is InChI=1S/C12H24N2O2/c1-4-10(11(15)16)13-9-12(14(2)3)7-5-6-8-12/h10,13H,4-9H2,1-3H3,(H,15,16). The van der Waals surface area contributed by atoms with Crippen LogP contribution in [0.4, 0.5) is 0 Å². The van der Waals surface area contributed by atoms with Gasteiger partial charge in [0.15, 0.2) is 0 Å². The number of carboxylic acids is 1. The minimum absolute atomic E-state index is 0.170. The Morgan fingerprint density at radius 1 is 1.44 bits per heavy atom. The van der Waals surface area contributed by atoms with Crippen molar-refractivity contribution in [3.8, 4) is 0 Å². The number of rotatable bonds is 6. The van der Waals surface area contributed by atoms with E-state index in [4.69, 9.17) is 5.11 Å². The molecule has 1 rings (SSSR count). The van der Waals surface area contributed by atoms with Crippen molar-refractivity contribution in [3.63, 3.8) is 0 Å². The molecule has 0 amide bonds. The average molecular weight is 228 g/mol. The predicted octanol–water partition coefficient (Wildman–Crippen LogP) is 1.31. The van der Waals surface area contributed by atoms with Crippen LogP contribution in [0.15, 0.2) is 0 Å². The van der Waals surface area contributed by atoms with Gasteiger partial charge in [-0.05, 0) is 33.4 Å². The summed E-state index contributed by atoms with van der Waals surface area (Å²) in [7, 11) is 4.18. The normalized spacial score (nSPS) is 21.2. The SMILES string of the molecule is CCC(NCC1(N(C)C)CCCC1)C(=O)O. The number of likely N-dealkylation sites (N-methyl/N-ethyl adjacent to an activating group) is 1. The molecular weight excluding hydrogens is 204 g/mol. The van der Waals surface area contributed by atoms with Crippen molar-refractivity contribution in [2.75, 3.05) is 20.6 Å². The Morgan fingerprint density at radius 3 is 2.38 bits per heavy atom. The first kappa shape index (κ1) is 13.5. The lowest BCUT2D eigenvalue weighted by atomic mass is 9.95. The van der Waals surface area contributed by atoms with Crippen molar-refractivity contribution in [1.29, 1.82) is 0 Å². The maximum Gasteiger partial charge on any atom is 0.320 e. The molecule has 0 spiro atoms. The zero-order chi connectivity index (χ0) is 12.2. The number of hydrogen-bond donors (Lipinski definition) is 2. The summed E-state index contributed by atoms with van der Waals surface area (Å²) in [4.78, 5) is 13.2. The molecule has 16 heavy (non-hydrogen) atoms. The van der Waals surface area contributed by atoms with Gasteiger partial charge in [-0.15, -0.1) is 0 Å². The third-order valence-electron chi connectivity index (χ3n) is 3.87. The van der Waals surface area contributed by atoms with E-state index in [0.29, 0.717) is 6.42 Å². The molecule has 0 aromatic carbocycles. The van der Waals surface area contributed by atoms with Crippen molar-refractivity contribution in [2.24, 2.45) is 0 Å². The van der Waals surface area contributed by atoms with Gasteiger partial charge in [0.1, 0.15) is 6.04 Å².